The van der Waals surface area contributed by atoms with Crippen LogP contribution in [0.1, 0.15) is 79.0 Å². The average Bonchev–Trinajstić information content (AvgIpc) is 3.92. The van der Waals surface area contributed by atoms with Crippen LogP contribution in [-0.4, -0.2) is 26.0 Å². The summed E-state index contributed by atoms with van der Waals surface area (Å²) in [4.78, 5) is 4.95. The van der Waals surface area contributed by atoms with E-state index in [-0.39, 0.29) is 44.0 Å². The molecule has 0 unspecified atom stereocenters. The van der Waals surface area contributed by atoms with E-state index in [9.17, 15) is 0 Å². The maximum absolute atomic E-state index is 6.95. The molecule has 0 saturated carbocycles. The van der Waals surface area contributed by atoms with E-state index in [4.69, 9.17) is 19.2 Å². The summed E-state index contributed by atoms with van der Waals surface area (Å²) >= 11 is 0. The van der Waals surface area contributed by atoms with Gasteiger partial charge >= 0.3 is 21.1 Å². The van der Waals surface area contributed by atoms with Gasteiger partial charge in [-0.15, -0.1) is 35.7 Å². The van der Waals surface area contributed by atoms with Crippen molar-refractivity contribution in [3.8, 4) is 57.1 Å². The summed E-state index contributed by atoms with van der Waals surface area (Å²) in [7, 11) is 0. The Balaban J connectivity index is 0.00000498. The van der Waals surface area contributed by atoms with Crippen molar-refractivity contribution in [3.63, 3.8) is 0 Å². The third-order valence-corrected chi connectivity index (χ3v) is 12.8. The zero-order valence-corrected chi connectivity index (χ0v) is 40.4. The van der Waals surface area contributed by atoms with Crippen molar-refractivity contribution in [2.75, 3.05) is 0 Å². The van der Waals surface area contributed by atoms with Crippen LogP contribution >= 0.6 is 0 Å². The first-order valence-electron chi connectivity index (χ1n) is 22.1. The summed E-state index contributed by atoms with van der Waals surface area (Å²) in [5.41, 5.74) is 11.6. The van der Waals surface area contributed by atoms with Crippen LogP contribution < -0.4 is 30.6 Å². The molecule has 6 aromatic carbocycles. The van der Waals surface area contributed by atoms with Gasteiger partial charge in [0.15, 0.2) is 0 Å². The van der Waals surface area contributed by atoms with Gasteiger partial charge in [0, 0.05) is 41.1 Å². The number of hydrogen-bond acceptors (Lipinski definition) is 5. The Bertz CT molecular complexity index is 3240. The molecule has 0 spiro atoms. The Morgan fingerprint density at radius 3 is 1.85 bits per heavy atom. The summed E-state index contributed by atoms with van der Waals surface area (Å²) in [6.07, 6.45) is 5.53. The van der Waals surface area contributed by atoms with Gasteiger partial charge in [0.25, 0.3) is 6.71 Å². The molecular formula is C56H49BN4O3Pt. The van der Waals surface area contributed by atoms with Crippen LogP contribution in [0.3, 0.4) is 0 Å². The zero-order valence-electron chi connectivity index (χ0n) is 38.1. The molecule has 9 heteroatoms. The molecule has 11 rings (SSSR count). The van der Waals surface area contributed by atoms with E-state index in [1.807, 2.05) is 42.7 Å². The quantitative estimate of drug-likeness (QED) is 0.127. The van der Waals surface area contributed by atoms with Crippen LogP contribution in [0, 0.1) is 12.1 Å². The number of fused-ring (bicyclic) bond motifs is 7. The Kier molecular flexibility index (Phi) is 10.1. The maximum Gasteiger partial charge on any atom is 2.00 e. The monoisotopic (exact) mass is 1030 g/mol. The van der Waals surface area contributed by atoms with Gasteiger partial charge in [-0.3, -0.25) is 4.68 Å². The van der Waals surface area contributed by atoms with Gasteiger partial charge in [-0.25, -0.2) is 4.98 Å². The van der Waals surface area contributed by atoms with Crippen molar-refractivity contribution in [2.24, 2.45) is 0 Å². The van der Waals surface area contributed by atoms with Crippen LogP contribution in [0.15, 0.2) is 134 Å². The molecule has 0 fully saturated rings. The molecule has 0 saturated heterocycles. The van der Waals surface area contributed by atoms with E-state index in [1.54, 1.807) is 10.9 Å². The van der Waals surface area contributed by atoms with E-state index in [0.717, 1.165) is 83.8 Å². The second kappa shape index (κ2) is 15.4. The molecule has 2 aliphatic rings. The van der Waals surface area contributed by atoms with Crippen molar-refractivity contribution < 1.29 is 35.3 Å². The number of nitrogens with zero attached hydrogens (tertiary/aromatic N) is 4. The minimum Gasteiger partial charge on any atom is -0.509 e. The third-order valence-electron chi connectivity index (χ3n) is 12.8. The largest absolute Gasteiger partial charge is 2.00 e. The van der Waals surface area contributed by atoms with Gasteiger partial charge < -0.3 is 18.8 Å². The van der Waals surface area contributed by atoms with Crippen molar-refractivity contribution in [2.45, 2.75) is 78.6 Å². The topological polar surface area (TPSA) is 63.3 Å². The molecule has 0 aliphatic carbocycles. The Morgan fingerprint density at radius 2 is 1.22 bits per heavy atom. The second-order valence-electron chi connectivity index (χ2n) is 20.3. The molecule has 7 nitrogen and oxygen atoms in total. The zero-order chi connectivity index (χ0) is 44.3. The fourth-order valence-electron chi connectivity index (χ4n) is 9.16. The predicted octanol–water partition coefficient (Wildman–Crippen LogP) is 12.0. The van der Waals surface area contributed by atoms with Crippen molar-refractivity contribution in [3.05, 3.63) is 163 Å². The fourth-order valence-corrected chi connectivity index (χ4v) is 9.16. The minimum atomic E-state index is -0.0728. The smallest absolute Gasteiger partial charge is 0.509 e. The SMILES string of the molecule is CC(C)(C)c1ccnc(-n2c3[c-]c(Oc4[c-]c(-n5cccn5)ccc4)ccc3c3cc(-c4cc5c6c(c4)Oc4cc(C(C)(C)C)ccc4B6c4ccc(C(C)(C)C)cc4O5)ccc32)c1.[Pt+2]. The number of ether oxygens (including phenoxy) is 3. The molecule has 5 heterocycles. The van der Waals surface area contributed by atoms with E-state index in [1.165, 1.54) is 16.7 Å². The molecule has 0 atom stereocenters. The van der Waals surface area contributed by atoms with E-state index < -0.39 is 0 Å². The minimum absolute atomic E-state index is 0. The first-order valence-corrected chi connectivity index (χ1v) is 22.1. The molecule has 2 aliphatic heterocycles. The van der Waals surface area contributed by atoms with E-state index >= 15 is 0 Å². The molecule has 324 valence electrons. The van der Waals surface area contributed by atoms with Crippen LogP contribution in [0.2, 0.25) is 0 Å². The third kappa shape index (κ3) is 7.46. The van der Waals surface area contributed by atoms with Gasteiger partial charge in [-0.1, -0.05) is 104 Å². The summed E-state index contributed by atoms with van der Waals surface area (Å²) in [6.45, 7) is 20.1. The first kappa shape index (κ1) is 42.6. The van der Waals surface area contributed by atoms with Crippen molar-refractivity contribution in [1.29, 1.82) is 0 Å². The second-order valence-corrected chi connectivity index (χ2v) is 20.3. The van der Waals surface area contributed by atoms with Crippen LogP contribution in [0.4, 0.5) is 0 Å². The van der Waals surface area contributed by atoms with Gasteiger partial charge in [-0.2, -0.15) is 17.2 Å². The van der Waals surface area contributed by atoms with Gasteiger partial charge in [0.05, 0.1) is 0 Å². The normalized spacial score (nSPS) is 13.1. The summed E-state index contributed by atoms with van der Waals surface area (Å²) in [5, 5.41) is 6.47. The predicted molar refractivity (Wildman–Crippen MR) is 259 cm³/mol. The molecule has 3 aromatic heterocycles. The molecule has 0 N–H and O–H groups in total. The summed E-state index contributed by atoms with van der Waals surface area (Å²) < 4.78 is 24.3. The van der Waals surface area contributed by atoms with Crippen LogP contribution in [0.5, 0.6) is 34.5 Å². The first-order chi connectivity index (χ1) is 30.6. The fraction of sp³-hybridized carbons (Fsp3) is 0.214. The molecule has 65 heavy (non-hydrogen) atoms. The summed E-state index contributed by atoms with van der Waals surface area (Å²) in [5.74, 6) is 5.37. The van der Waals surface area contributed by atoms with E-state index in [2.05, 4.69) is 169 Å². The number of benzene rings is 6. The molecule has 0 bridgehead atoms. The Labute approximate surface area is 395 Å². The summed E-state index contributed by atoms with van der Waals surface area (Å²) in [6, 6.07) is 47.6. The average molecular weight is 1030 g/mol. The molecular weight excluding hydrogens is 983 g/mol. The van der Waals surface area contributed by atoms with E-state index in [0.29, 0.717) is 11.5 Å². The number of pyridine rings is 1. The number of rotatable bonds is 5. The van der Waals surface area contributed by atoms with Gasteiger partial charge in [0.1, 0.15) is 28.8 Å². The Hall–Kier alpha value is -6.37. The molecule has 0 amide bonds. The van der Waals surface area contributed by atoms with Crippen LogP contribution in [0.25, 0.3) is 44.4 Å². The number of aromatic nitrogens is 4. The molecule has 9 aromatic rings. The Morgan fingerprint density at radius 1 is 0.569 bits per heavy atom. The van der Waals surface area contributed by atoms with Crippen molar-refractivity contribution >= 4 is 44.9 Å². The van der Waals surface area contributed by atoms with Gasteiger partial charge in [0.2, 0.25) is 0 Å². The van der Waals surface area contributed by atoms with Gasteiger partial charge in [-0.05, 0) is 115 Å². The molecule has 0 radical (unpaired) electrons. The van der Waals surface area contributed by atoms with Crippen LogP contribution in [-0.2, 0) is 37.3 Å². The van der Waals surface area contributed by atoms with Crippen molar-refractivity contribution in [1.82, 2.24) is 19.3 Å². The standard InChI is InChI=1S/C56H49BN4O3.Pt/c1-54(2,3)36-15-19-44-48(29-36)63-50-27-35(28-51-53(50)57(44)45-20-16-37(55(4,5)6)30-49(45)64-51)34-14-21-46-43(26-34)42-18-17-41(62-40-13-10-12-39(32-40)60-25-11-23-59-60)33-47(42)61(46)52-31-38(22-24-58-52)56(7,8)9;/h10-31H,1-9H3;/q-2;+2. The maximum atomic E-state index is 6.95. The number of hydrogen-bond donors (Lipinski definition) is 0.